The number of anilines is 2. The Morgan fingerprint density at radius 3 is 1.44 bits per heavy atom. The zero-order valence-corrected chi connectivity index (χ0v) is 20.8. The molecular formula is C24H19BrN2O5S2. The smallest absolute Gasteiger partial charge is 0.261 e. The molecule has 34 heavy (non-hydrogen) atoms. The summed E-state index contributed by atoms with van der Waals surface area (Å²) in [5, 5.41) is 0. The largest absolute Gasteiger partial charge is 0.457 e. The molecule has 0 spiro atoms. The SMILES string of the molecule is O=S(=O)(Nc1ccc(Br)cc1)c1ccc(NS(=O)(=O)c2ccc(Oc3ccccc3)cc2)cc1. The third-order valence-corrected chi connectivity index (χ3v) is 7.95. The van der Waals surface area contributed by atoms with Crippen molar-refractivity contribution in [2.24, 2.45) is 0 Å². The number of hydrogen-bond donors (Lipinski definition) is 2. The van der Waals surface area contributed by atoms with Crippen molar-refractivity contribution in [2.75, 3.05) is 9.44 Å². The summed E-state index contributed by atoms with van der Waals surface area (Å²) in [6.07, 6.45) is 0. The zero-order valence-electron chi connectivity index (χ0n) is 17.6. The van der Waals surface area contributed by atoms with Crippen LogP contribution in [0, 0.1) is 0 Å². The highest BCUT2D eigenvalue weighted by molar-refractivity contribution is 9.10. The fourth-order valence-corrected chi connectivity index (χ4v) is 5.34. The van der Waals surface area contributed by atoms with Crippen molar-refractivity contribution in [3.8, 4) is 11.5 Å². The Bertz CT molecular complexity index is 1470. The quantitative estimate of drug-likeness (QED) is 0.282. The van der Waals surface area contributed by atoms with Crippen LogP contribution in [0.15, 0.2) is 117 Å². The Kier molecular flexibility index (Phi) is 6.92. The van der Waals surface area contributed by atoms with E-state index in [1.807, 2.05) is 18.2 Å². The molecule has 7 nitrogen and oxygen atoms in total. The van der Waals surface area contributed by atoms with Gasteiger partial charge in [-0.3, -0.25) is 9.44 Å². The molecule has 4 rings (SSSR count). The van der Waals surface area contributed by atoms with E-state index in [2.05, 4.69) is 25.4 Å². The van der Waals surface area contributed by atoms with Crippen LogP contribution in [0.1, 0.15) is 0 Å². The lowest BCUT2D eigenvalue weighted by Gasteiger charge is -2.11. The van der Waals surface area contributed by atoms with Gasteiger partial charge in [0.25, 0.3) is 20.0 Å². The van der Waals surface area contributed by atoms with Crippen molar-refractivity contribution < 1.29 is 21.6 Å². The van der Waals surface area contributed by atoms with Crippen LogP contribution in [0.4, 0.5) is 11.4 Å². The number of para-hydroxylation sites is 1. The normalized spacial score (nSPS) is 11.6. The fourth-order valence-electron chi connectivity index (χ4n) is 2.96. The number of halogens is 1. The maximum absolute atomic E-state index is 12.7. The molecule has 4 aromatic carbocycles. The minimum absolute atomic E-state index is 0.000723. The highest BCUT2D eigenvalue weighted by Crippen LogP contribution is 2.25. The summed E-state index contributed by atoms with van der Waals surface area (Å²) in [5.41, 5.74) is 0.639. The Morgan fingerprint density at radius 1 is 0.529 bits per heavy atom. The van der Waals surface area contributed by atoms with E-state index in [0.717, 1.165) is 4.47 Å². The summed E-state index contributed by atoms with van der Waals surface area (Å²) in [6, 6.07) is 27.2. The van der Waals surface area contributed by atoms with Crippen molar-refractivity contribution in [3.05, 3.63) is 108 Å². The van der Waals surface area contributed by atoms with Gasteiger partial charge in [0.15, 0.2) is 0 Å². The minimum atomic E-state index is -3.88. The molecule has 0 aromatic heterocycles. The molecule has 0 aliphatic carbocycles. The van der Waals surface area contributed by atoms with Crippen LogP contribution in [-0.4, -0.2) is 16.8 Å². The van der Waals surface area contributed by atoms with Gasteiger partial charge in [0, 0.05) is 15.8 Å². The van der Waals surface area contributed by atoms with Crippen LogP contribution in [0.2, 0.25) is 0 Å². The molecule has 0 aliphatic rings. The van der Waals surface area contributed by atoms with Crippen molar-refractivity contribution in [2.45, 2.75) is 9.79 Å². The minimum Gasteiger partial charge on any atom is -0.457 e. The molecule has 0 saturated heterocycles. The van der Waals surface area contributed by atoms with Crippen LogP contribution in [-0.2, 0) is 20.0 Å². The number of hydrogen-bond acceptors (Lipinski definition) is 5. The van der Waals surface area contributed by atoms with Gasteiger partial charge >= 0.3 is 0 Å². The van der Waals surface area contributed by atoms with Gasteiger partial charge < -0.3 is 4.74 Å². The molecule has 4 aromatic rings. The van der Waals surface area contributed by atoms with E-state index in [0.29, 0.717) is 17.2 Å². The lowest BCUT2D eigenvalue weighted by Crippen LogP contribution is -2.14. The molecule has 0 fully saturated rings. The summed E-state index contributed by atoms with van der Waals surface area (Å²) >= 11 is 3.30. The molecule has 0 bridgehead atoms. The number of benzene rings is 4. The van der Waals surface area contributed by atoms with Crippen molar-refractivity contribution in [3.63, 3.8) is 0 Å². The maximum Gasteiger partial charge on any atom is 0.261 e. The molecule has 0 atom stereocenters. The number of ether oxygens (including phenoxy) is 1. The predicted molar refractivity (Wildman–Crippen MR) is 135 cm³/mol. The molecule has 0 saturated carbocycles. The molecule has 2 N–H and O–H groups in total. The number of nitrogens with one attached hydrogen (secondary N) is 2. The van der Waals surface area contributed by atoms with E-state index >= 15 is 0 Å². The average Bonchev–Trinajstić information content (AvgIpc) is 2.82. The van der Waals surface area contributed by atoms with E-state index in [-0.39, 0.29) is 15.5 Å². The zero-order chi connectivity index (χ0) is 24.2. The summed E-state index contributed by atoms with van der Waals surface area (Å²) in [6.45, 7) is 0. The maximum atomic E-state index is 12.7. The van der Waals surface area contributed by atoms with E-state index < -0.39 is 20.0 Å². The van der Waals surface area contributed by atoms with Gasteiger partial charge in [-0.15, -0.1) is 0 Å². The molecular weight excluding hydrogens is 540 g/mol. The summed E-state index contributed by atoms with van der Waals surface area (Å²) in [4.78, 5) is 0.0438. The topological polar surface area (TPSA) is 102 Å². The molecule has 10 heteroatoms. The summed E-state index contributed by atoms with van der Waals surface area (Å²) < 4.78 is 62.1. The van der Waals surface area contributed by atoms with Crippen LogP contribution in [0.25, 0.3) is 0 Å². The second kappa shape index (κ2) is 9.88. The highest BCUT2D eigenvalue weighted by Gasteiger charge is 2.17. The van der Waals surface area contributed by atoms with Crippen LogP contribution < -0.4 is 14.2 Å². The molecule has 174 valence electrons. The van der Waals surface area contributed by atoms with Crippen LogP contribution in [0.3, 0.4) is 0 Å². The first-order valence-electron chi connectivity index (χ1n) is 9.96. The van der Waals surface area contributed by atoms with E-state index in [9.17, 15) is 16.8 Å². The molecule has 0 amide bonds. The Balaban J connectivity index is 1.44. The first kappa shape index (κ1) is 23.8. The molecule has 0 unspecified atom stereocenters. The van der Waals surface area contributed by atoms with Gasteiger partial charge in [0.1, 0.15) is 11.5 Å². The van der Waals surface area contributed by atoms with Crippen LogP contribution in [0.5, 0.6) is 11.5 Å². The van der Waals surface area contributed by atoms with E-state index in [1.165, 1.54) is 36.4 Å². The predicted octanol–water partition coefficient (Wildman–Crippen LogP) is 5.84. The lowest BCUT2D eigenvalue weighted by molar-refractivity contribution is 0.482. The third-order valence-electron chi connectivity index (χ3n) is 4.63. The Hall–Kier alpha value is -3.34. The van der Waals surface area contributed by atoms with Crippen molar-refractivity contribution >= 4 is 47.4 Å². The number of sulfonamides is 2. The monoisotopic (exact) mass is 558 g/mol. The van der Waals surface area contributed by atoms with Crippen molar-refractivity contribution in [1.82, 2.24) is 0 Å². The molecule has 0 aliphatic heterocycles. The van der Waals surface area contributed by atoms with E-state index in [4.69, 9.17) is 4.74 Å². The Labute approximate surface area is 206 Å². The number of rotatable bonds is 8. The fraction of sp³-hybridized carbons (Fsp3) is 0. The summed E-state index contributed by atoms with van der Waals surface area (Å²) in [5.74, 6) is 1.14. The van der Waals surface area contributed by atoms with Gasteiger partial charge in [-0.2, -0.15) is 0 Å². The average molecular weight is 559 g/mol. The standard InChI is InChI=1S/C24H19BrN2O5S2/c25-18-6-8-19(9-7-18)26-33(28,29)23-14-10-20(11-15-23)27-34(30,31)24-16-12-22(13-17-24)32-21-4-2-1-3-5-21/h1-17,26-27H. The van der Waals surface area contributed by atoms with Crippen molar-refractivity contribution in [1.29, 1.82) is 0 Å². The highest BCUT2D eigenvalue weighted by atomic mass is 79.9. The van der Waals surface area contributed by atoms with Gasteiger partial charge in [0.05, 0.1) is 9.79 Å². The second-order valence-electron chi connectivity index (χ2n) is 7.13. The van der Waals surface area contributed by atoms with Gasteiger partial charge in [0.2, 0.25) is 0 Å². The third kappa shape index (κ3) is 5.96. The first-order chi connectivity index (χ1) is 16.2. The first-order valence-corrected chi connectivity index (χ1v) is 13.7. The van der Waals surface area contributed by atoms with E-state index in [1.54, 1.807) is 48.5 Å². The van der Waals surface area contributed by atoms with Gasteiger partial charge in [-0.1, -0.05) is 34.1 Å². The summed E-state index contributed by atoms with van der Waals surface area (Å²) in [7, 11) is -7.70. The molecule has 0 radical (unpaired) electrons. The van der Waals surface area contributed by atoms with Gasteiger partial charge in [-0.25, -0.2) is 16.8 Å². The van der Waals surface area contributed by atoms with Crippen LogP contribution >= 0.6 is 15.9 Å². The molecule has 0 heterocycles. The Morgan fingerprint density at radius 2 is 0.941 bits per heavy atom. The van der Waals surface area contributed by atoms with Gasteiger partial charge in [-0.05, 0) is 84.9 Å². The lowest BCUT2D eigenvalue weighted by atomic mass is 10.3. The second-order valence-corrected chi connectivity index (χ2v) is 11.4.